The van der Waals surface area contributed by atoms with Crippen molar-refractivity contribution >= 4 is 33.5 Å². The quantitative estimate of drug-likeness (QED) is 0.292. The van der Waals surface area contributed by atoms with E-state index >= 15 is 0 Å². The molecule has 0 saturated heterocycles. The van der Waals surface area contributed by atoms with Gasteiger partial charge in [0.1, 0.15) is 5.75 Å². The second-order valence-corrected chi connectivity index (χ2v) is 8.10. The number of ether oxygens (including phenoxy) is 1. The van der Waals surface area contributed by atoms with Gasteiger partial charge < -0.3 is 15.4 Å². The van der Waals surface area contributed by atoms with Crippen molar-refractivity contribution in [3.05, 3.63) is 88.7 Å². The zero-order chi connectivity index (χ0) is 25.0. The molecule has 4 aromatic rings. The van der Waals surface area contributed by atoms with Crippen LogP contribution in [0.3, 0.4) is 0 Å². The number of nitrogens with one attached hydrogen (secondary N) is 2. The van der Waals surface area contributed by atoms with Crippen LogP contribution in [0.15, 0.2) is 77.5 Å². The average molecular weight is 544 g/mol. The fraction of sp³-hybridized carbons (Fsp3) is 0.0833. The zero-order valence-corrected chi connectivity index (χ0v) is 19.7. The molecule has 11 heteroatoms. The molecule has 35 heavy (non-hydrogen) atoms. The summed E-state index contributed by atoms with van der Waals surface area (Å²) in [5, 5.41) is 5.35. The largest absolute Gasteiger partial charge is 0.438 e. The van der Waals surface area contributed by atoms with Gasteiger partial charge in [-0.05, 0) is 54.6 Å². The number of rotatable bonds is 6. The second-order valence-electron chi connectivity index (χ2n) is 7.18. The summed E-state index contributed by atoms with van der Waals surface area (Å²) in [6.45, 7) is 0. The molecule has 0 aliphatic rings. The highest BCUT2D eigenvalue weighted by atomic mass is 79.9. The number of anilines is 2. The Morgan fingerprint density at radius 2 is 1.83 bits per heavy atom. The van der Waals surface area contributed by atoms with E-state index in [0.29, 0.717) is 21.7 Å². The topological polar surface area (TPSA) is 89.0 Å². The number of hydrogen-bond donors (Lipinski definition) is 2. The Kier molecular flexibility index (Phi) is 6.97. The number of carbonyl (C=O) groups excluding carboxylic acids is 1. The van der Waals surface area contributed by atoms with E-state index in [2.05, 4.69) is 41.5 Å². The number of aromatic nitrogens is 3. The van der Waals surface area contributed by atoms with Gasteiger partial charge in [0.15, 0.2) is 0 Å². The molecule has 0 fully saturated rings. The SMILES string of the molecule is CNc1nccc(-c2cccnc2Oc2cc(Br)cc(C(=O)Nc3cccc(C(F)(F)F)c3)c2)n1. The molecule has 0 aliphatic carbocycles. The lowest BCUT2D eigenvalue weighted by Gasteiger charge is -2.12. The van der Waals surface area contributed by atoms with Crippen molar-refractivity contribution in [1.82, 2.24) is 15.0 Å². The molecule has 0 unspecified atom stereocenters. The van der Waals surface area contributed by atoms with Gasteiger partial charge in [-0.15, -0.1) is 0 Å². The molecule has 2 aromatic heterocycles. The van der Waals surface area contributed by atoms with E-state index in [4.69, 9.17) is 4.74 Å². The second kappa shape index (κ2) is 10.1. The van der Waals surface area contributed by atoms with Crippen molar-refractivity contribution in [3.63, 3.8) is 0 Å². The molecule has 7 nitrogen and oxygen atoms in total. The van der Waals surface area contributed by atoms with Crippen LogP contribution in [0.5, 0.6) is 11.6 Å². The van der Waals surface area contributed by atoms with Gasteiger partial charge >= 0.3 is 6.18 Å². The summed E-state index contributed by atoms with van der Waals surface area (Å²) in [6, 6.07) is 14.3. The number of carbonyl (C=O) groups is 1. The number of amides is 1. The molecular formula is C24H17BrF3N5O2. The molecule has 2 aromatic carbocycles. The summed E-state index contributed by atoms with van der Waals surface area (Å²) in [7, 11) is 1.70. The predicted octanol–water partition coefficient (Wildman–Crippen LogP) is 6.41. The molecule has 0 bridgehead atoms. The lowest BCUT2D eigenvalue weighted by atomic mass is 10.1. The Labute approximate surface area is 206 Å². The van der Waals surface area contributed by atoms with Crippen LogP contribution in [0.4, 0.5) is 24.8 Å². The Morgan fingerprint density at radius 1 is 1.00 bits per heavy atom. The fourth-order valence-corrected chi connectivity index (χ4v) is 3.61. The molecule has 178 valence electrons. The summed E-state index contributed by atoms with van der Waals surface area (Å²) in [5.74, 6) is 0.353. The third-order valence-corrected chi connectivity index (χ3v) is 5.18. The molecule has 4 rings (SSSR count). The van der Waals surface area contributed by atoms with E-state index in [1.54, 1.807) is 43.7 Å². The van der Waals surface area contributed by atoms with Gasteiger partial charge in [-0.25, -0.2) is 15.0 Å². The summed E-state index contributed by atoms with van der Waals surface area (Å²) >= 11 is 3.34. The highest BCUT2D eigenvalue weighted by molar-refractivity contribution is 9.10. The minimum absolute atomic E-state index is 0.0170. The minimum atomic E-state index is -4.52. The molecular weight excluding hydrogens is 527 g/mol. The Bertz CT molecular complexity index is 1380. The van der Waals surface area contributed by atoms with Crippen molar-refractivity contribution in [2.24, 2.45) is 0 Å². The standard InChI is InChI=1S/C24H17BrF3N5O2/c1-29-23-31-9-7-20(33-23)19-6-3-8-30-22(19)35-18-11-14(10-16(25)13-18)21(34)32-17-5-2-4-15(12-17)24(26,27)28/h2-13H,1H3,(H,32,34)(H,29,31,33). The van der Waals surface area contributed by atoms with Crippen LogP contribution < -0.4 is 15.4 Å². The number of benzene rings is 2. The van der Waals surface area contributed by atoms with Crippen LogP contribution >= 0.6 is 15.9 Å². The molecule has 0 atom stereocenters. The Balaban J connectivity index is 1.60. The smallest absolute Gasteiger partial charge is 0.416 e. The van der Waals surface area contributed by atoms with E-state index in [0.717, 1.165) is 12.1 Å². The summed E-state index contributed by atoms with van der Waals surface area (Å²) in [6.07, 6.45) is -1.37. The van der Waals surface area contributed by atoms with Crippen LogP contribution in [-0.2, 0) is 6.18 Å². The highest BCUT2D eigenvalue weighted by Gasteiger charge is 2.30. The van der Waals surface area contributed by atoms with E-state index < -0.39 is 17.6 Å². The van der Waals surface area contributed by atoms with Gasteiger partial charge in [0.25, 0.3) is 5.91 Å². The first kappa shape index (κ1) is 24.1. The van der Waals surface area contributed by atoms with E-state index in [-0.39, 0.29) is 22.9 Å². The van der Waals surface area contributed by atoms with Gasteiger partial charge in [0.2, 0.25) is 11.8 Å². The highest BCUT2D eigenvalue weighted by Crippen LogP contribution is 2.33. The van der Waals surface area contributed by atoms with Crippen molar-refractivity contribution < 1.29 is 22.7 Å². The molecule has 0 aliphatic heterocycles. The first-order valence-corrected chi connectivity index (χ1v) is 11.0. The average Bonchev–Trinajstić information content (AvgIpc) is 2.83. The lowest BCUT2D eigenvalue weighted by Crippen LogP contribution is -2.13. The molecule has 2 N–H and O–H groups in total. The van der Waals surface area contributed by atoms with Crippen molar-refractivity contribution in [2.45, 2.75) is 6.18 Å². The summed E-state index contributed by atoms with van der Waals surface area (Å²) in [5.41, 5.74) is 0.501. The third kappa shape index (κ3) is 5.93. The molecule has 1 amide bonds. The van der Waals surface area contributed by atoms with Gasteiger partial charge in [-0.2, -0.15) is 13.2 Å². The van der Waals surface area contributed by atoms with E-state index in [9.17, 15) is 18.0 Å². The predicted molar refractivity (Wildman–Crippen MR) is 128 cm³/mol. The summed E-state index contributed by atoms with van der Waals surface area (Å²) in [4.78, 5) is 25.6. The molecule has 0 spiro atoms. The van der Waals surface area contributed by atoms with Crippen LogP contribution in [0.25, 0.3) is 11.3 Å². The van der Waals surface area contributed by atoms with Crippen molar-refractivity contribution in [2.75, 3.05) is 17.7 Å². The molecule has 2 heterocycles. The van der Waals surface area contributed by atoms with Crippen LogP contribution in [0.2, 0.25) is 0 Å². The lowest BCUT2D eigenvalue weighted by molar-refractivity contribution is -0.137. The Morgan fingerprint density at radius 3 is 2.60 bits per heavy atom. The Hall–Kier alpha value is -3.99. The number of alkyl halides is 3. The maximum Gasteiger partial charge on any atom is 0.416 e. The van der Waals surface area contributed by atoms with Crippen LogP contribution in [0, 0.1) is 0 Å². The number of halogens is 4. The number of hydrogen-bond acceptors (Lipinski definition) is 6. The maximum absolute atomic E-state index is 13.0. The van der Waals surface area contributed by atoms with Gasteiger partial charge in [-0.1, -0.05) is 22.0 Å². The zero-order valence-electron chi connectivity index (χ0n) is 18.1. The number of pyridine rings is 1. The number of nitrogens with zero attached hydrogens (tertiary/aromatic N) is 3. The van der Waals surface area contributed by atoms with Crippen LogP contribution in [0.1, 0.15) is 15.9 Å². The molecule has 0 saturated carbocycles. The van der Waals surface area contributed by atoms with E-state index in [1.165, 1.54) is 24.3 Å². The first-order chi connectivity index (χ1) is 16.7. The first-order valence-electron chi connectivity index (χ1n) is 10.2. The normalized spacial score (nSPS) is 11.1. The minimum Gasteiger partial charge on any atom is -0.438 e. The van der Waals surface area contributed by atoms with Crippen molar-refractivity contribution in [3.8, 4) is 22.9 Å². The molecule has 0 radical (unpaired) electrons. The van der Waals surface area contributed by atoms with Crippen LogP contribution in [-0.4, -0.2) is 27.9 Å². The van der Waals surface area contributed by atoms with Gasteiger partial charge in [-0.3, -0.25) is 4.79 Å². The third-order valence-electron chi connectivity index (χ3n) is 4.72. The monoisotopic (exact) mass is 543 g/mol. The maximum atomic E-state index is 13.0. The van der Waals surface area contributed by atoms with E-state index in [1.807, 2.05) is 0 Å². The summed E-state index contributed by atoms with van der Waals surface area (Å²) < 4.78 is 45.5. The van der Waals surface area contributed by atoms with Gasteiger partial charge in [0, 0.05) is 35.2 Å². The van der Waals surface area contributed by atoms with Crippen molar-refractivity contribution in [1.29, 1.82) is 0 Å². The fourth-order valence-electron chi connectivity index (χ4n) is 3.14. The van der Waals surface area contributed by atoms with Gasteiger partial charge in [0.05, 0.1) is 16.8 Å².